The van der Waals surface area contributed by atoms with Crippen LogP contribution in [0.3, 0.4) is 0 Å². The van der Waals surface area contributed by atoms with Crippen LogP contribution in [0.15, 0.2) is 30.4 Å². The van der Waals surface area contributed by atoms with Crippen molar-refractivity contribution in [3.63, 3.8) is 0 Å². The summed E-state index contributed by atoms with van der Waals surface area (Å²) in [5.41, 5.74) is 0.631. The molecule has 0 aromatic heterocycles. The van der Waals surface area contributed by atoms with Gasteiger partial charge in [0.1, 0.15) is 0 Å². The highest BCUT2D eigenvalue weighted by molar-refractivity contribution is 5.92. The van der Waals surface area contributed by atoms with Crippen LogP contribution in [0.4, 0.5) is 5.69 Å². The summed E-state index contributed by atoms with van der Waals surface area (Å²) in [5, 5.41) is 12.4. The maximum Gasteiger partial charge on any atom is 0.227 e. The van der Waals surface area contributed by atoms with Crippen LogP contribution in [0, 0.1) is 11.8 Å². The number of hydrogen-bond donors (Lipinski definition) is 2. The van der Waals surface area contributed by atoms with Gasteiger partial charge in [-0.3, -0.25) is 4.79 Å². The lowest BCUT2D eigenvalue weighted by Gasteiger charge is -2.13. The molecule has 4 heteroatoms. The predicted octanol–water partition coefficient (Wildman–Crippen LogP) is 4.36. The monoisotopic (exact) mass is 305 g/mol. The second-order valence-corrected chi connectivity index (χ2v) is 5.88. The maximum absolute atomic E-state index is 12.1. The summed E-state index contributed by atoms with van der Waals surface area (Å²) < 4.78 is 5.03. The summed E-state index contributed by atoms with van der Waals surface area (Å²) in [6.07, 6.45) is 7.22. The molecule has 2 N–H and O–H groups in total. The SMILES string of the molecule is COc1cc(NC(=O)C(C)CCCC=CC(C)C)ccc1O. The van der Waals surface area contributed by atoms with Gasteiger partial charge in [-0.25, -0.2) is 0 Å². The molecule has 1 atom stereocenters. The number of anilines is 1. The molecule has 0 aliphatic carbocycles. The number of nitrogens with one attached hydrogen (secondary N) is 1. The van der Waals surface area contributed by atoms with E-state index in [9.17, 15) is 9.90 Å². The Morgan fingerprint density at radius 1 is 1.36 bits per heavy atom. The molecule has 22 heavy (non-hydrogen) atoms. The number of rotatable bonds is 8. The summed E-state index contributed by atoms with van der Waals surface area (Å²) in [7, 11) is 1.48. The van der Waals surface area contributed by atoms with Crippen LogP contribution in [0.25, 0.3) is 0 Å². The number of benzene rings is 1. The zero-order chi connectivity index (χ0) is 16.5. The van der Waals surface area contributed by atoms with Gasteiger partial charge in [-0.1, -0.05) is 32.9 Å². The first-order valence-corrected chi connectivity index (χ1v) is 7.78. The van der Waals surface area contributed by atoms with E-state index in [-0.39, 0.29) is 17.6 Å². The van der Waals surface area contributed by atoms with Crippen molar-refractivity contribution in [3.8, 4) is 11.5 Å². The van der Waals surface area contributed by atoms with Crippen molar-refractivity contribution in [1.29, 1.82) is 0 Å². The molecule has 0 heterocycles. The first-order valence-electron chi connectivity index (χ1n) is 7.78. The van der Waals surface area contributed by atoms with Gasteiger partial charge in [0.15, 0.2) is 11.5 Å². The number of phenolic OH excluding ortho intramolecular Hbond substituents is 1. The minimum atomic E-state index is -0.0488. The van der Waals surface area contributed by atoms with Crippen LogP contribution in [0.2, 0.25) is 0 Å². The second-order valence-electron chi connectivity index (χ2n) is 5.88. The van der Waals surface area contributed by atoms with Gasteiger partial charge in [-0.2, -0.15) is 0 Å². The molecule has 0 radical (unpaired) electrons. The molecule has 0 spiro atoms. The predicted molar refractivity (Wildman–Crippen MR) is 90.3 cm³/mol. The highest BCUT2D eigenvalue weighted by atomic mass is 16.5. The Labute approximate surface area is 133 Å². The molecule has 1 aromatic carbocycles. The summed E-state index contributed by atoms with van der Waals surface area (Å²) >= 11 is 0. The van der Waals surface area contributed by atoms with Gasteiger partial charge in [0.2, 0.25) is 5.91 Å². The van der Waals surface area contributed by atoms with E-state index in [1.165, 1.54) is 13.2 Å². The van der Waals surface area contributed by atoms with Gasteiger partial charge in [0.25, 0.3) is 0 Å². The van der Waals surface area contributed by atoms with Crippen LogP contribution in [0.5, 0.6) is 11.5 Å². The van der Waals surface area contributed by atoms with E-state index < -0.39 is 0 Å². The Morgan fingerprint density at radius 3 is 2.73 bits per heavy atom. The van der Waals surface area contributed by atoms with E-state index >= 15 is 0 Å². The zero-order valence-corrected chi connectivity index (χ0v) is 13.9. The fourth-order valence-corrected chi connectivity index (χ4v) is 2.06. The molecular formula is C18H27NO3. The smallest absolute Gasteiger partial charge is 0.227 e. The van der Waals surface area contributed by atoms with E-state index in [0.29, 0.717) is 17.4 Å². The third kappa shape index (κ3) is 6.20. The highest BCUT2D eigenvalue weighted by Gasteiger charge is 2.13. The molecule has 0 aliphatic heterocycles. The molecule has 0 aliphatic rings. The normalized spacial score (nSPS) is 12.6. The maximum atomic E-state index is 12.1. The van der Waals surface area contributed by atoms with Gasteiger partial charge in [0.05, 0.1) is 7.11 Å². The number of methoxy groups -OCH3 is 1. The Hall–Kier alpha value is -1.97. The minimum Gasteiger partial charge on any atom is -0.504 e. The molecule has 1 unspecified atom stereocenters. The van der Waals surface area contributed by atoms with Gasteiger partial charge < -0.3 is 15.2 Å². The Kier molecular flexibility index (Phi) is 7.50. The summed E-state index contributed by atoms with van der Waals surface area (Å²) in [5.74, 6) is 0.924. The summed E-state index contributed by atoms with van der Waals surface area (Å²) in [6, 6.07) is 4.79. The Balaban J connectivity index is 2.44. The fourth-order valence-electron chi connectivity index (χ4n) is 2.06. The number of hydrogen-bond acceptors (Lipinski definition) is 3. The highest BCUT2D eigenvalue weighted by Crippen LogP contribution is 2.28. The number of aromatic hydroxyl groups is 1. The standard InChI is InChI=1S/C18H27NO3/c1-13(2)8-6-5-7-9-14(3)18(21)19-15-10-11-16(20)17(12-15)22-4/h6,8,10-14,20H,5,7,9H2,1-4H3,(H,19,21). The van der Waals surface area contributed by atoms with Crippen molar-refractivity contribution in [2.24, 2.45) is 11.8 Å². The van der Waals surface area contributed by atoms with Gasteiger partial charge in [-0.15, -0.1) is 0 Å². The summed E-state index contributed by atoms with van der Waals surface area (Å²) in [6.45, 7) is 6.23. The molecule has 4 nitrogen and oxygen atoms in total. The van der Waals surface area contributed by atoms with Crippen LogP contribution in [0.1, 0.15) is 40.0 Å². The van der Waals surface area contributed by atoms with Gasteiger partial charge >= 0.3 is 0 Å². The average molecular weight is 305 g/mol. The lowest BCUT2D eigenvalue weighted by atomic mass is 10.0. The molecule has 122 valence electrons. The third-order valence-electron chi connectivity index (χ3n) is 3.42. The molecule has 1 rings (SSSR count). The first-order chi connectivity index (χ1) is 10.4. The first kappa shape index (κ1) is 18.1. The van der Waals surface area contributed by atoms with Crippen LogP contribution >= 0.6 is 0 Å². The lowest BCUT2D eigenvalue weighted by Crippen LogP contribution is -2.20. The molecular weight excluding hydrogens is 278 g/mol. The van der Waals surface area contributed by atoms with Crippen molar-refractivity contribution in [2.75, 3.05) is 12.4 Å². The van der Waals surface area contributed by atoms with Gasteiger partial charge in [-0.05, 0) is 37.3 Å². The molecule has 0 bridgehead atoms. The van der Waals surface area contributed by atoms with E-state index in [0.717, 1.165) is 19.3 Å². The topological polar surface area (TPSA) is 58.6 Å². The molecule has 0 saturated carbocycles. The van der Waals surface area contributed by atoms with E-state index in [2.05, 4.69) is 31.3 Å². The molecule has 1 aromatic rings. The number of phenols is 1. The second kappa shape index (κ2) is 9.13. The zero-order valence-electron chi connectivity index (χ0n) is 13.9. The molecule has 1 amide bonds. The van der Waals surface area contributed by atoms with Crippen molar-refractivity contribution in [3.05, 3.63) is 30.4 Å². The fraction of sp³-hybridized carbons (Fsp3) is 0.500. The van der Waals surface area contributed by atoms with Crippen LogP contribution in [-0.2, 0) is 4.79 Å². The van der Waals surface area contributed by atoms with E-state index in [4.69, 9.17) is 4.74 Å². The molecule has 0 saturated heterocycles. The Morgan fingerprint density at radius 2 is 2.09 bits per heavy atom. The van der Waals surface area contributed by atoms with Crippen LogP contribution in [-0.4, -0.2) is 18.1 Å². The lowest BCUT2D eigenvalue weighted by molar-refractivity contribution is -0.119. The summed E-state index contributed by atoms with van der Waals surface area (Å²) in [4.78, 5) is 12.1. The van der Waals surface area contributed by atoms with Gasteiger partial charge in [0, 0.05) is 17.7 Å². The van der Waals surface area contributed by atoms with E-state index in [1.807, 2.05) is 6.92 Å². The third-order valence-corrected chi connectivity index (χ3v) is 3.42. The van der Waals surface area contributed by atoms with Crippen LogP contribution < -0.4 is 10.1 Å². The number of ether oxygens (including phenoxy) is 1. The minimum absolute atomic E-state index is 0.0133. The average Bonchev–Trinajstić information content (AvgIpc) is 2.48. The number of carbonyl (C=O) groups excluding carboxylic acids is 1. The number of amides is 1. The largest absolute Gasteiger partial charge is 0.504 e. The number of carbonyl (C=O) groups is 1. The number of allylic oxidation sites excluding steroid dienone is 2. The van der Waals surface area contributed by atoms with Crippen molar-refractivity contribution >= 4 is 11.6 Å². The van der Waals surface area contributed by atoms with E-state index in [1.54, 1.807) is 12.1 Å². The Bertz CT molecular complexity index is 509. The van der Waals surface area contributed by atoms with Crippen molar-refractivity contribution < 1.29 is 14.6 Å². The molecule has 0 fully saturated rings. The quantitative estimate of drug-likeness (QED) is 0.426. The van der Waals surface area contributed by atoms with Crippen molar-refractivity contribution in [1.82, 2.24) is 0 Å². The number of unbranched alkanes of at least 4 members (excludes halogenated alkanes) is 1. The van der Waals surface area contributed by atoms with Crippen molar-refractivity contribution in [2.45, 2.75) is 40.0 Å².